The molecule has 4 rings (SSSR count). The van der Waals surface area contributed by atoms with Crippen molar-refractivity contribution < 1.29 is 27.8 Å². The third-order valence-electron chi connectivity index (χ3n) is 8.40. The third kappa shape index (κ3) is 5.30. The molecule has 35 heavy (non-hydrogen) atoms. The van der Waals surface area contributed by atoms with Crippen LogP contribution in [0.25, 0.3) is 10.8 Å². The Kier molecular flexibility index (Phi) is 7.11. The van der Waals surface area contributed by atoms with Gasteiger partial charge < -0.3 is 15.2 Å². The number of aliphatic carboxylic acids is 1. The lowest BCUT2D eigenvalue weighted by atomic mass is 9.58. The predicted octanol–water partition coefficient (Wildman–Crippen LogP) is 7.04. The van der Waals surface area contributed by atoms with Crippen LogP contribution in [-0.2, 0) is 17.5 Å². The molecule has 0 saturated heterocycles. The first-order valence-electron chi connectivity index (χ1n) is 12.6. The van der Waals surface area contributed by atoms with Crippen molar-refractivity contribution in [3.63, 3.8) is 0 Å². The minimum absolute atomic E-state index is 0.00276. The molecule has 0 aromatic heterocycles. The van der Waals surface area contributed by atoms with Gasteiger partial charge in [-0.1, -0.05) is 45.9 Å². The van der Waals surface area contributed by atoms with Crippen LogP contribution in [0.15, 0.2) is 30.3 Å². The highest BCUT2D eigenvalue weighted by Gasteiger charge is 2.51. The van der Waals surface area contributed by atoms with E-state index in [1.54, 1.807) is 18.2 Å². The van der Waals surface area contributed by atoms with Gasteiger partial charge in [-0.15, -0.1) is 0 Å². The van der Waals surface area contributed by atoms with Crippen LogP contribution in [-0.4, -0.2) is 23.2 Å². The van der Waals surface area contributed by atoms with Gasteiger partial charge in [-0.3, -0.25) is 4.79 Å². The summed E-state index contributed by atoms with van der Waals surface area (Å²) in [6.45, 7) is 8.58. The Bertz CT molecular complexity index is 1070. The Labute approximate surface area is 205 Å². The second-order valence-corrected chi connectivity index (χ2v) is 11.3. The summed E-state index contributed by atoms with van der Waals surface area (Å²) >= 11 is 0. The van der Waals surface area contributed by atoms with Crippen LogP contribution < -0.4 is 10.1 Å². The van der Waals surface area contributed by atoms with Crippen LogP contribution >= 0.6 is 0 Å². The van der Waals surface area contributed by atoms with Crippen molar-refractivity contribution >= 4 is 16.7 Å². The number of hydrogen-bond acceptors (Lipinski definition) is 3. The Balaban J connectivity index is 1.54. The van der Waals surface area contributed by atoms with Crippen LogP contribution in [0, 0.1) is 23.2 Å². The normalized spacial score (nSPS) is 26.5. The van der Waals surface area contributed by atoms with E-state index < -0.39 is 29.0 Å². The number of benzene rings is 2. The number of rotatable bonds is 7. The molecule has 192 valence electrons. The number of nitrogens with one attached hydrogen (secondary N) is 1. The zero-order valence-corrected chi connectivity index (χ0v) is 20.9. The van der Waals surface area contributed by atoms with Crippen molar-refractivity contribution in [2.24, 2.45) is 23.2 Å². The Hall–Kier alpha value is -2.28. The molecule has 2 N–H and O–H groups in total. The van der Waals surface area contributed by atoms with Crippen molar-refractivity contribution in [3.8, 4) is 5.75 Å². The van der Waals surface area contributed by atoms with Crippen molar-refractivity contribution in [2.45, 2.75) is 84.7 Å². The average molecular weight is 492 g/mol. The number of carbonyl (C=O) groups is 1. The molecule has 0 spiro atoms. The van der Waals surface area contributed by atoms with E-state index in [1.165, 1.54) is 6.07 Å². The predicted molar refractivity (Wildman–Crippen MR) is 130 cm³/mol. The highest BCUT2D eigenvalue weighted by molar-refractivity contribution is 5.89. The number of fused-ring (bicyclic) bond motifs is 1. The minimum Gasteiger partial charge on any atom is -0.490 e. The van der Waals surface area contributed by atoms with Gasteiger partial charge in [-0.05, 0) is 77.8 Å². The SMILES string of the molecule is CC(C)[C@H]1CC[C@@H](Oc2ccc3ccc(CNC4CC(C(=O)O)C4(C)C)cc3c2C(F)(F)F)CC1. The smallest absolute Gasteiger partial charge is 0.420 e. The zero-order valence-electron chi connectivity index (χ0n) is 20.9. The molecule has 4 nitrogen and oxygen atoms in total. The van der Waals surface area contributed by atoms with Gasteiger partial charge in [0.25, 0.3) is 0 Å². The summed E-state index contributed by atoms with van der Waals surface area (Å²) in [6.07, 6.45) is -0.716. The number of hydrogen-bond donors (Lipinski definition) is 2. The van der Waals surface area contributed by atoms with Crippen molar-refractivity contribution in [2.75, 3.05) is 0 Å². The van der Waals surface area contributed by atoms with Gasteiger partial charge in [0.15, 0.2) is 0 Å². The third-order valence-corrected chi connectivity index (χ3v) is 8.40. The standard InChI is InChI=1S/C28H36F3NO3/c1-16(2)18-7-10-20(11-8-18)35-23-12-9-19-6-5-17(13-21(19)25(23)28(29,30)31)15-32-24-14-22(26(33)34)27(24,3)4/h5-6,9,12-13,16,18,20,22,24,32H,7-8,10-11,14-15H2,1-4H3,(H,33,34)/t18-,20+,22?,24?. The molecular weight excluding hydrogens is 455 g/mol. The molecule has 2 aliphatic carbocycles. The van der Waals surface area contributed by atoms with Crippen LogP contribution in [0.4, 0.5) is 13.2 Å². The van der Waals surface area contributed by atoms with E-state index in [2.05, 4.69) is 19.2 Å². The quantitative estimate of drug-likeness (QED) is 0.436. The largest absolute Gasteiger partial charge is 0.490 e. The van der Waals surface area contributed by atoms with Gasteiger partial charge in [-0.2, -0.15) is 13.2 Å². The maximum Gasteiger partial charge on any atom is 0.420 e. The van der Waals surface area contributed by atoms with Gasteiger partial charge in [0.05, 0.1) is 12.0 Å². The van der Waals surface area contributed by atoms with E-state index in [0.29, 0.717) is 30.2 Å². The van der Waals surface area contributed by atoms with E-state index in [-0.39, 0.29) is 23.3 Å². The summed E-state index contributed by atoms with van der Waals surface area (Å²) in [6, 6.07) is 8.28. The number of halogens is 3. The van der Waals surface area contributed by atoms with Gasteiger partial charge in [-0.25, -0.2) is 0 Å². The zero-order chi connectivity index (χ0) is 25.5. The lowest BCUT2D eigenvalue weighted by Gasteiger charge is -2.50. The number of ether oxygens (including phenoxy) is 1. The summed E-state index contributed by atoms with van der Waals surface area (Å²) in [5, 5.41) is 13.3. The van der Waals surface area contributed by atoms with Crippen molar-refractivity contribution in [1.29, 1.82) is 0 Å². The van der Waals surface area contributed by atoms with E-state index >= 15 is 0 Å². The van der Waals surface area contributed by atoms with Crippen molar-refractivity contribution in [1.82, 2.24) is 5.32 Å². The van der Waals surface area contributed by atoms with Crippen molar-refractivity contribution in [3.05, 3.63) is 41.5 Å². The number of alkyl halides is 3. The second-order valence-electron chi connectivity index (χ2n) is 11.3. The summed E-state index contributed by atoms with van der Waals surface area (Å²) in [5.74, 6) is -0.125. The summed E-state index contributed by atoms with van der Waals surface area (Å²) in [7, 11) is 0. The lowest BCUT2D eigenvalue weighted by molar-refractivity contribution is -0.155. The first-order valence-corrected chi connectivity index (χ1v) is 12.6. The lowest BCUT2D eigenvalue weighted by Crippen LogP contribution is -2.58. The highest BCUT2D eigenvalue weighted by atomic mass is 19.4. The van der Waals surface area contributed by atoms with Gasteiger partial charge in [0.1, 0.15) is 11.3 Å². The molecule has 7 heteroatoms. The summed E-state index contributed by atoms with van der Waals surface area (Å²) in [4.78, 5) is 11.4. The molecule has 2 aromatic rings. The van der Waals surface area contributed by atoms with Gasteiger partial charge >= 0.3 is 12.1 Å². The maximum absolute atomic E-state index is 14.3. The maximum atomic E-state index is 14.3. The Morgan fingerprint density at radius 3 is 2.37 bits per heavy atom. The monoisotopic (exact) mass is 491 g/mol. The molecule has 0 heterocycles. The molecule has 2 aromatic carbocycles. The molecule has 0 bridgehead atoms. The summed E-state index contributed by atoms with van der Waals surface area (Å²) in [5.41, 5.74) is -0.389. The van der Waals surface area contributed by atoms with E-state index in [4.69, 9.17) is 4.74 Å². The molecule has 0 amide bonds. The van der Waals surface area contributed by atoms with Gasteiger partial charge in [0, 0.05) is 12.6 Å². The van der Waals surface area contributed by atoms with Gasteiger partial charge in [0.2, 0.25) is 0 Å². The molecule has 2 atom stereocenters. The van der Waals surface area contributed by atoms with E-state index in [0.717, 1.165) is 31.2 Å². The van der Waals surface area contributed by atoms with Crippen LogP contribution in [0.2, 0.25) is 0 Å². The first-order chi connectivity index (χ1) is 16.4. The second kappa shape index (κ2) is 9.64. The van der Waals surface area contributed by atoms with Crippen LogP contribution in [0.5, 0.6) is 5.75 Å². The fraction of sp³-hybridized carbons (Fsp3) is 0.607. The molecular formula is C28H36F3NO3. The Morgan fingerprint density at radius 1 is 1.14 bits per heavy atom. The van der Waals surface area contributed by atoms with Crippen LogP contribution in [0.3, 0.4) is 0 Å². The molecule has 2 aliphatic rings. The molecule has 2 unspecified atom stereocenters. The Morgan fingerprint density at radius 2 is 1.80 bits per heavy atom. The minimum atomic E-state index is -4.54. The fourth-order valence-corrected chi connectivity index (χ4v) is 5.83. The summed E-state index contributed by atoms with van der Waals surface area (Å²) < 4.78 is 48.8. The molecule has 2 fully saturated rings. The molecule has 0 aliphatic heterocycles. The number of carboxylic acid groups (broad SMARTS) is 1. The average Bonchev–Trinajstić information content (AvgIpc) is 2.77. The molecule has 0 radical (unpaired) electrons. The van der Waals surface area contributed by atoms with E-state index in [9.17, 15) is 23.1 Å². The first kappa shape index (κ1) is 25.8. The van der Waals surface area contributed by atoms with E-state index in [1.807, 2.05) is 19.9 Å². The fourth-order valence-electron chi connectivity index (χ4n) is 5.83. The number of carboxylic acids is 1. The van der Waals surface area contributed by atoms with Crippen LogP contribution in [0.1, 0.15) is 70.9 Å². The topological polar surface area (TPSA) is 58.6 Å². The highest BCUT2D eigenvalue weighted by Crippen LogP contribution is 2.47. The molecule has 2 saturated carbocycles.